The van der Waals surface area contributed by atoms with Gasteiger partial charge in [0.25, 0.3) is 0 Å². The molecule has 2 amide bonds. The standard InChI is InChI=1S/C30H40N4O5S.ClH/c1-40(37,38)32-24-9-13-27(14-10-24)39-26-11-7-23(8-12-26)20-33-17-15-25(16-18-33)34-21-29(35)31-28(30(34)36)19-22-5-3-2-4-6-22;/h7-14,22,25,28,32H,2-6,15-21H2,1H3,(H,31,35);1H/t28-;/m0./s1. The highest BCUT2D eigenvalue weighted by Gasteiger charge is 2.38. The van der Waals surface area contributed by atoms with Crippen LogP contribution < -0.4 is 14.8 Å². The Hall–Kier alpha value is -2.82. The van der Waals surface area contributed by atoms with Crippen molar-refractivity contribution in [1.82, 2.24) is 15.1 Å². The lowest BCUT2D eigenvalue weighted by molar-refractivity contribution is -0.148. The van der Waals surface area contributed by atoms with Crippen molar-refractivity contribution in [2.45, 2.75) is 70.0 Å². The van der Waals surface area contributed by atoms with Crippen LogP contribution in [0.15, 0.2) is 48.5 Å². The number of hydrogen-bond acceptors (Lipinski definition) is 6. The van der Waals surface area contributed by atoms with Gasteiger partial charge in [-0.25, -0.2) is 8.42 Å². The Morgan fingerprint density at radius 1 is 0.902 bits per heavy atom. The zero-order chi connectivity index (χ0) is 28.1. The number of piperidine rings is 1. The van der Waals surface area contributed by atoms with Gasteiger partial charge in [0.15, 0.2) is 0 Å². The van der Waals surface area contributed by atoms with Crippen LogP contribution in [0.5, 0.6) is 11.5 Å². The number of rotatable bonds is 9. The summed E-state index contributed by atoms with van der Waals surface area (Å²) in [6.07, 6.45) is 9.74. The molecule has 2 saturated heterocycles. The number of piperazine rings is 1. The maximum atomic E-state index is 13.3. The van der Waals surface area contributed by atoms with E-state index in [4.69, 9.17) is 4.74 Å². The van der Waals surface area contributed by atoms with Gasteiger partial charge in [-0.2, -0.15) is 0 Å². The molecular formula is C30H41ClN4O5S. The summed E-state index contributed by atoms with van der Waals surface area (Å²) < 4.78 is 31.1. The molecule has 0 radical (unpaired) electrons. The van der Waals surface area contributed by atoms with Crippen LogP contribution in [0.3, 0.4) is 0 Å². The summed E-state index contributed by atoms with van der Waals surface area (Å²) in [5.74, 6) is 1.96. The van der Waals surface area contributed by atoms with Crippen molar-refractivity contribution in [2.75, 3.05) is 30.6 Å². The largest absolute Gasteiger partial charge is 0.457 e. The van der Waals surface area contributed by atoms with Crippen molar-refractivity contribution in [3.63, 3.8) is 0 Å². The average molecular weight is 605 g/mol. The SMILES string of the molecule is CS(=O)(=O)Nc1ccc(Oc2ccc(CN3CCC(N4CC(=O)N[C@@H](CC5CCCCC5)C4=O)CC3)cc2)cc1.Cl. The lowest BCUT2D eigenvalue weighted by Gasteiger charge is -2.42. The molecule has 2 N–H and O–H groups in total. The fraction of sp³-hybridized carbons (Fsp3) is 0.533. The molecule has 0 unspecified atom stereocenters. The van der Waals surface area contributed by atoms with E-state index in [0.29, 0.717) is 23.1 Å². The van der Waals surface area contributed by atoms with Crippen molar-refractivity contribution in [3.05, 3.63) is 54.1 Å². The predicted molar refractivity (Wildman–Crippen MR) is 162 cm³/mol. The number of benzene rings is 2. The lowest BCUT2D eigenvalue weighted by Crippen LogP contribution is -2.62. The molecule has 2 aromatic rings. The Morgan fingerprint density at radius 3 is 2.12 bits per heavy atom. The van der Waals surface area contributed by atoms with Crippen LogP contribution in [0.25, 0.3) is 0 Å². The van der Waals surface area contributed by atoms with E-state index in [1.807, 2.05) is 17.0 Å². The Labute approximate surface area is 249 Å². The number of carbonyl (C=O) groups is 2. The number of ether oxygens (including phenoxy) is 1. The zero-order valence-electron chi connectivity index (χ0n) is 23.6. The van der Waals surface area contributed by atoms with E-state index in [2.05, 4.69) is 27.1 Å². The highest BCUT2D eigenvalue weighted by atomic mass is 35.5. The molecule has 3 aliphatic rings. The van der Waals surface area contributed by atoms with Gasteiger partial charge < -0.3 is 15.0 Å². The number of hydrogen-bond donors (Lipinski definition) is 2. The average Bonchev–Trinajstić information content (AvgIpc) is 2.93. The van der Waals surface area contributed by atoms with Crippen LogP contribution in [0.2, 0.25) is 0 Å². The van der Waals surface area contributed by atoms with Crippen LogP contribution in [-0.2, 0) is 26.2 Å². The number of anilines is 1. The number of halogens is 1. The van der Waals surface area contributed by atoms with Crippen molar-refractivity contribution < 1.29 is 22.7 Å². The van der Waals surface area contributed by atoms with Crippen LogP contribution in [0.1, 0.15) is 56.9 Å². The Bertz CT molecular complexity index is 1270. The molecule has 9 nitrogen and oxygen atoms in total. The molecule has 2 aliphatic heterocycles. The molecule has 0 aromatic heterocycles. The normalized spacial score (nSPS) is 21.2. The third-order valence-electron chi connectivity index (χ3n) is 8.24. The zero-order valence-corrected chi connectivity index (χ0v) is 25.2. The van der Waals surface area contributed by atoms with Crippen LogP contribution in [0.4, 0.5) is 5.69 Å². The fourth-order valence-electron chi connectivity index (χ4n) is 6.21. The molecule has 1 atom stereocenters. The van der Waals surface area contributed by atoms with Gasteiger partial charge in [0, 0.05) is 31.4 Å². The van der Waals surface area contributed by atoms with Crippen molar-refractivity contribution >= 4 is 39.9 Å². The Balaban J connectivity index is 0.00000387. The summed E-state index contributed by atoms with van der Waals surface area (Å²) in [5, 5.41) is 2.98. The van der Waals surface area contributed by atoms with Gasteiger partial charge in [-0.15, -0.1) is 12.4 Å². The van der Waals surface area contributed by atoms with Gasteiger partial charge in [-0.05, 0) is 67.1 Å². The summed E-state index contributed by atoms with van der Waals surface area (Å²) >= 11 is 0. The van der Waals surface area contributed by atoms with Gasteiger partial charge in [-0.3, -0.25) is 19.2 Å². The minimum atomic E-state index is -3.32. The highest BCUT2D eigenvalue weighted by Crippen LogP contribution is 2.30. The first-order valence-electron chi connectivity index (χ1n) is 14.4. The number of carbonyl (C=O) groups excluding carboxylic acids is 2. The number of sulfonamides is 1. The second-order valence-corrected chi connectivity index (χ2v) is 13.2. The third kappa shape index (κ3) is 8.83. The summed E-state index contributed by atoms with van der Waals surface area (Å²) in [6, 6.07) is 14.5. The maximum Gasteiger partial charge on any atom is 0.245 e. The van der Waals surface area contributed by atoms with Crippen LogP contribution in [-0.4, -0.2) is 68.0 Å². The van der Waals surface area contributed by atoms with E-state index in [9.17, 15) is 18.0 Å². The van der Waals surface area contributed by atoms with E-state index < -0.39 is 10.0 Å². The molecule has 2 heterocycles. The fourth-order valence-corrected chi connectivity index (χ4v) is 6.78. The third-order valence-corrected chi connectivity index (χ3v) is 8.85. The first-order chi connectivity index (χ1) is 19.2. The molecule has 3 fully saturated rings. The minimum Gasteiger partial charge on any atom is -0.457 e. The predicted octanol–water partition coefficient (Wildman–Crippen LogP) is 4.53. The Morgan fingerprint density at radius 2 is 1.51 bits per heavy atom. The minimum absolute atomic E-state index is 0. The molecule has 0 spiro atoms. The number of amides is 2. The molecule has 2 aromatic carbocycles. The van der Waals surface area contributed by atoms with E-state index in [-0.39, 0.29) is 42.8 Å². The van der Waals surface area contributed by atoms with E-state index in [1.165, 1.54) is 37.7 Å². The van der Waals surface area contributed by atoms with Gasteiger partial charge in [-0.1, -0.05) is 44.2 Å². The molecule has 1 aliphatic carbocycles. The summed E-state index contributed by atoms with van der Waals surface area (Å²) in [5.41, 5.74) is 1.67. The van der Waals surface area contributed by atoms with Gasteiger partial charge in [0.05, 0.1) is 12.8 Å². The van der Waals surface area contributed by atoms with E-state index in [0.717, 1.165) is 45.2 Å². The second-order valence-electron chi connectivity index (χ2n) is 11.5. The van der Waals surface area contributed by atoms with E-state index in [1.54, 1.807) is 24.3 Å². The maximum absolute atomic E-state index is 13.3. The summed E-state index contributed by atoms with van der Waals surface area (Å²) in [6.45, 7) is 2.77. The number of likely N-dealkylation sites (tertiary alicyclic amines) is 1. The highest BCUT2D eigenvalue weighted by molar-refractivity contribution is 7.92. The first-order valence-corrected chi connectivity index (χ1v) is 16.3. The monoisotopic (exact) mass is 604 g/mol. The number of nitrogens with one attached hydrogen (secondary N) is 2. The van der Waals surface area contributed by atoms with Crippen molar-refractivity contribution in [3.8, 4) is 11.5 Å². The van der Waals surface area contributed by atoms with Crippen LogP contribution in [0, 0.1) is 5.92 Å². The molecular weight excluding hydrogens is 564 g/mol. The molecule has 11 heteroatoms. The molecule has 5 rings (SSSR count). The van der Waals surface area contributed by atoms with Gasteiger partial charge in [0.1, 0.15) is 17.5 Å². The Kier molecular flexibility index (Phi) is 10.5. The summed E-state index contributed by atoms with van der Waals surface area (Å²) in [7, 11) is -3.32. The van der Waals surface area contributed by atoms with Crippen LogP contribution >= 0.6 is 12.4 Å². The molecule has 224 valence electrons. The number of nitrogens with zero attached hydrogens (tertiary/aromatic N) is 2. The van der Waals surface area contributed by atoms with E-state index >= 15 is 0 Å². The molecule has 0 bridgehead atoms. The first kappa shape index (κ1) is 31.1. The van der Waals surface area contributed by atoms with Gasteiger partial charge in [0.2, 0.25) is 21.8 Å². The smallest absolute Gasteiger partial charge is 0.245 e. The molecule has 41 heavy (non-hydrogen) atoms. The topological polar surface area (TPSA) is 108 Å². The second kappa shape index (κ2) is 13.9. The lowest BCUT2D eigenvalue weighted by atomic mass is 9.84. The molecule has 1 saturated carbocycles. The quantitative estimate of drug-likeness (QED) is 0.435. The van der Waals surface area contributed by atoms with Crippen molar-refractivity contribution in [2.24, 2.45) is 5.92 Å². The van der Waals surface area contributed by atoms with Crippen molar-refractivity contribution in [1.29, 1.82) is 0 Å². The summed E-state index contributed by atoms with van der Waals surface area (Å²) in [4.78, 5) is 30.0. The van der Waals surface area contributed by atoms with Gasteiger partial charge >= 0.3 is 0 Å².